The number of Topliss-reactive ketones (excluding diaryl/α,β-unsaturated/α-hetero) is 1. The predicted molar refractivity (Wildman–Crippen MR) is 75.4 cm³/mol. The molecule has 98 valence electrons. The zero-order valence-electron chi connectivity index (χ0n) is 9.35. The second kappa shape index (κ2) is 5.33. The number of benzene rings is 1. The minimum absolute atomic E-state index is 0.137. The third kappa shape index (κ3) is 2.97. The number of fused-ring (bicyclic) bond motifs is 1. The Kier molecular flexibility index (Phi) is 3.94. The smallest absolute Gasteiger partial charge is 0.253 e. The molecule has 0 spiro atoms. The van der Waals surface area contributed by atoms with Gasteiger partial charge in [-0.2, -0.15) is 0 Å². The first-order valence-electron chi connectivity index (χ1n) is 5.11. The normalized spacial score (nSPS) is 12.7. The van der Waals surface area contributed by atoms with Crippen molar-refractivity contribution < 1.29 is 9.90 Å². The summed E-state index contributed by atoms with van der Waals surface area (Å²) in [5, 5.41) is 9.16. The molecule has 19 heavy (non-hydrogen) atoms. The summed E-state index contributed by atoms with van der Waals surface area (Å²) < 4.78 is -2.16. The minimum Gasteiger partial charge on any atom is -0.515 e. The highest BCUT2D eigenvalue weighted by Crippen LogP contribution is 2.33. The SMILES string of the molecule is O=C(/C(=C/O)c1cnc2ccccc2n1)C(Cl)(Cl)Cl. The van der Waals surface area contributed by atoms with Crippen molar-refractivity contribution in [2.45, 2.75) is 3.79 Å². The summed E-state index contributed by atoms with van der Waals surface area (Å²) in [6, 6.07) is 7.08. The largest absolute Gasteiger partial charge is 0.515 e. The third-order valence-electron chi connectivity index (χ3n) is 2.36. The molecular weight excluding hydrogens is 311 g/mol. The van der Waals surface area contributed by atoms with Gasteiger partial charge in [-0.1, -0.05) is 46.9 Å². The van der Waals surface area contributed by atoms with E-state index in [4.69, 9.17) is 39.9 Å². The molecule has 1 aromatic carbocycles. The zero-order valence-corrected chi connectivity index (χ0v) is 11.6. The molecule has 0 bridgehead atoms. The Morgan fingerprint density at radius 1 is 1.21 bits per heavy atom. The molecular formula is C12H7Cl3N2O2. The highest BCUT2D eigenvalue weighted by Gasteiger charge is 2.34. The molecule has 7 heteroatoms. The molecule has 0 unspecified atom stereocenters. The van der Waals surface area contributed by atoms with E-state index in [-0.39, 0.29) is 11.3 Å². The highest BCUT2D eigenvalue weighted by atomic mass is 35.6. The fourth-order valence-electron chi connectivity index (χ4n) is 1.48. The predicted octanol–water partition coefficient (Wildman–Crippen LogP) is 3.47. The maximum absolute atomic E-state index is 11.8. The Hall–Kier alpha value is -1.36. The lowest BCUT2D eigenvalue weighted by Gasteiger charge is -2.11. The van der Waals surface area contributed by atoms with E-state index in [9.17, 15) is 4.79 Å². The van der Waals surface area contributed by atoms with Crippen molar-refractivity contribution in [2.75, 3.05) is 0 Å². The lowest BCUT2D eigenvalue weighted by Crippen LogP contribution is -2.21. The van der Waals surface area contributed by atoms with Gasteiger partial charge in [0, 0.05) is 0 Å². The average molecular weight is 318 g/mol. The molecule has 1 heterocycles. The standard InChI is InChI=1S/C12H7Cl3N2O2/c13-12(14,15)11(19)7(6-18)10-5-16-8-3-1-2-4-9(8)17-10/h1-6,18H/b7-6+. The van der Waals surface area contributed by atoms with Gasteiger partial charge in [0.15, 0.2) is 0 Å². The van der Waals surface area contributed by atoms with Crippen LogP contribution in [-0.2, 0) is 4.79 Å². The van der Waals surface area contributed by atoms with Crippen molar-refractivity contribution in [1.82, 2.24) is 9.97 Å². The molecule has 2 rings (SSSR count). The lowest BCUT2D eigenvalue weighted by atomic mass is 10.1. The van der Waals surface area contributed by atoms with Crippen LogP contribution in [0.4, 0.5) is 0 Å². The first kappa shape index (κ1) is 14.1. The van der Waals surface area contributed by atoms with Crippen LogP contribution in [0.5, 0.6) is 0 Å². The van der Waals surface area contributed by atoms with Gasteiger partial charge in [0.05, 0.1) is 34.8 Å². The van der Waals surface area contributed by atoms with Gasteiger partial charge in [-0.3, -0.25) is 9.78 Å². The van der Waals surface area contributed by atoms with E-state index in [2.05, 4.69) is 9.97 Å². The molecule has 0 aliphatic heterocycles. The summed E-state index contributed by atoms with van der Waals surface area (Å²) in [4.78, 5) is 20.2. The zero-order chi connectivity index (χ0) is 14.0. The van der Waals surface area contributed by atoms with Crippen molar-refractivity contribution in [3.05, 3.63) is 42.4 Å². The maximum Gasteiger partial charge on any atom is 0.253 e. The number of rotatable bonds is 2. The summed E-state index contributed by atoms with van der Waals surface area (Å²) >= 11 is 16.5. The van der Waals surface area contributed by atoms with E-state index in [1.54, 1.807) is 18.2 Å². The molecule has 4 nitrogen and oxygen atoms in total. The quantitative estimate of drug-likeness (QED) is 0.523. The van der Waals surface area contributed by atoms with Gasteiger partial charge in [-0.15, -0.1) is 0 Å². The number of hydrogen-bond acceptors (Lipinski definition) is 4. The average Bonchev–Trinajstić information content (AvgIpc) is 2.38. The molecule has 0 aliphatic carbocycles. The van der Waals surface area contributed by atoms with Gasteiger partial charge < -0.3 is 5.11 Å². The molecule has 0 amide bonds. The van der Waals surface area contributed by atoms with Crippen LogP contribution in [0.25, 0.3) is 16.6 Å². The number of carbonyl (C=O) groups is 1. The van der Waals surface area contributed by atoms with Gasteiger partial charge in [-0.05, 0) is 12.1 Å². The highest BCUT2D eigenvalue weighted by molar-refractivity contribution is 6.79. The third-order valence-corrected chi connectivity index (χ3v) is 2.87. The molecule has 0 aliphatic rings. The van der Waals surface area contributed by atoms with Crippen LogP contribution in [-0.4, -0.2) is 24.7 Å². The molecule has 2 aromatic rings. The molecule has 0 fully saturated rings. The molecule has 1 N–H and O–H groups in total. The molecule has 0 saturated heterocycles. The fraction of sp³-hybridized carbons (Fsp3) is 0.0833. The second-order valence-electron chi connectivity index (χ2n) is 3.61. The van der Waals surface area contributed by atoms with E-state index >= 15 is 0 Å². The van der Waals surface area contributed by atoms with Gasteiger partial charge >= 0.3 is 0 Å². The Labute approximate surface area is 123 Å². The number of nitrogens with zero attached hydrogens (tertiary/aromatic N) is 2. The number of hydrogen-bond donors (Lipinski definition) is 1. The lowest BCUT2D eigenvalue weighted by molar-refractivity contribution is -0.113. The number of allylic oxidation sites excluding steroid dienone is 1. The Bertz CT molecular complexity index is 665. The van der Waals surface area contributed by atoms with E-state index in [1.807, 2.05) is 6.07 Å². The number of ketones is 1. The number of halogens is 3. The van der Waals surface area contributed by atoms with Gasteiger partial charge in [0.2, 0.25) is 5.78 Å². The Morgan fingerprint density at radius 3 is 2.42 bits per heavy atom. The molecule has 1 aromatic heterocycles. The summed E-state index contributed by atoms with van der Waals surface area (Å²) in [5.41, 5.74) is 1.15. The summed E-state index contributed by atoms with van der Waals surface area (Å²) in [5.74, 6) is -0.871. The Balaban J connectivity index is 2.51. The number of aliphatic hydroxyl groups is 1. The number of para-hydroxylation sites is 2. The van der Waals surface area contributed by atoms with E-state index in [0.717, 1.165) is 0 Å². The van der Waals surface area contributed by atoms with E-state index in [0.29, 0.717) is 17.3 Å². The van der Waals surface area contributed by atoms with Crippen LogP contribution < -0.4 is 0 Å². The van der Waals surface area contributed by atoms with Crippen LogP contribution in [0.15, 0.2) is 36.7 Å². The van der Waals surface area contributed by atoms with Crippen molar-refractivity contribution in [1.29, 1.82) is 0 Å². The van der Waals surface area contributed by atoms with Crippen LogP contribution >= 0.6 is 34.8 Å². The number of carbonyl (C=O) groups excluding carboxylic acids is 1. The van der Waals surface area contributed by atoms with Crippen LogP contribution in [0, 0.1) is 0 Å². The first-order valence-corrected chi connectivity index (χ1v) is 6.25. The molecule has 0 atom stereocenters. The topological polar surface area (TPSA) is 63.1 Å². The van der Waals surface area contributed by atoms with Gasteiger partial charge in [-0.25, -0.2) is 4.98 Å². The number of aliphatic hydroxyl groups excluding tert-OH is 1. The summed E-state index contributed by atoms with van der Waals surface area (Å²) in [6.45, 7) is 0. The van der Waals surface area contributed by atoms with Gasteiger partial charge in [0.25, 0.3) is 3.79 Å². The number of alkyl halides is 3. The molecule has 0 saturated carbocycles. The van der Waals surface area contributed by atoms with Crippen LogP contribution in [0.3, 0.4) is 0 Å². The van der Waals surface area contributed by atoms with Crippen molar-refractivity contribution >= 4 is 57.2 Å². The number of aromatic nitrogens is 2. The second-order valence-corrected chi connectivity index (χ2v) is 5.89. The first-order chi connectivity index (χ1) is 8.93. The van der Waals surface area contributed by atoms with Crippen LogP contribution in [0.2, 0.25) is 0 Å². The van der Waals surface area contributed by atoms with E-state index in [1.165, 1.54) is 6.20 Å². The van der Waals surface area contributed by atoms with Crippen molar-refractivity contribution in [3.8, 4) is 0 Å². The van der Waals surface area contributed by atoms with E-state index < -0.39 is 9.58 Å². The molecule has 0 radical (unpaired) electrons. The maximum atomic E-state index is 11.8. The summed E-state index contributed by atoms with van der Waals surface area (Å²) in [6.07, 6.45) is 1.89. The van der Waals surface area contributed by atoms with Crippen LogP contribution in [0.1, 0.15) is 5.69 Å². The van der Waals surface area contributed by atoms with Crippen molar-refractivity contribution in [3.63, 3.8) is 0 Å². The Morgan fingerprint density at radius 2 is 1.84 bits per heavy atom. The fourth-order valence-corrected chi connectivity index (χ4v) is 1.79. The monoisotopic (exact) mass is 316 g/mol. The van der Waals surface area contributed by atoms with Gasteiger partial charge in [0.1, 0.15) is 0 Å². The minimum atomic E-state index is -2.16. The van der Waals surface area contributed by atoms with Crippen molar-refractivity contribution in [2.24, 2.45) is 0 Å². The summed E-state index contributed by atoms with van der Waals surface area (Å²) in [7, 11) is 0.